The van der Waals surface area contributed by atoms with Crippen molar-refractivity contribution in [2.45, 2.75) is 46.7 Å². The van der Waals surface area contributed by atoms with Gasteiger partial charge in [-0.3, -0.25) is 14.4 Å². The van der Waals surface area contributed by atoms with Gasteiger partial charge < -0.3 is 14.5 Å². The van der Waals surface area contributed by atoms with Crippen molar-refractivity contribution in [1.29, 1.82) is 0 Å². The zero-order chi connectivity index (χ0) is 22.1. The fraction of sp³-hybridized carbons (Fsp3) is 0.320. The third-order valence-electron chi connectivity index (χ3n) is 6.09. The van der Waals surface area contributed by atoms with Crippen LogP contribution < -0.4 is 5.56 Å². The fourth-order valence-corrected chi connectivity index (χ4v) is 4.40. The van der Waals surface area contributed by atoms with E-state index in [9.17, 15) is 14.4 Å². The minimum absolute atomic E-state index is 0.00196. The molecule has 0 saturated carbocycles. The topological polar surface area (TPSA) is 75.2 Å². The number of ketones is 1. The van der Waals surface area contributed by atoms with Crippen LogP contribution in [0.2, 0.25) is 0 Å². The number of rotatable bonds is 5. The number of nitrogens with zero attached hydrogens (tertiary/aromatic N) is 2. The SMILES string of the molecule is CC(=O)c1[nH]c(C)c(C(=O)N2CCc3cc(=O)n(CCc4ccccc4)cc3C2)c1C. The minimum atomic E-state index is -0.0777. The summed E-state index contributed by atoms with van der Waals surface area (Å²) in [7, 11) is 0. The number of H-pyrrole nitrogens is 1. The first-order valence-electron chi connectivity index (χ1n) is 10.6. The third-order valence-corrected chi connectivity index (χ3v) is 6.09. The molecular formula is C25H27N3O3. The first-order valence-corrected chi connectivity index (χ1v) is 10.6. The van der Waals surface area contributed by atoms with Crippen LogP contribution in [0.3, 0.4) is 0 Å². The maximum absolute atomic E-state index is 13.3. The van der Waals surface area contributed by atoms with E-state index in [2.05, 4.69) is 17.1 Å². The number of pyridine rings is 1. The van der Waals surface area contributed by atoms with Crippen molar-refractivity contribution in [2.24, 2.45) is 0 Å². The summed E-state index contributed by atoms with van der Waals surface area (Å²) in [5.74, 6) is -0.155. The average molecular weight is 418 g/mol. The predicted octanol–water partition coefficient (Wildman–Crippen LogP) is 3.44. The lowest BCUT2D eigenvalue weighted by molar-refractivity contribution is 0.0733. The highest BCUT2D eigenvalue weighted by Crippen LogP contribution is 2.24. The molecule has 0 spiro atoms. The van der Waals surface area contributed by atoms with E-state index in [0.29, 0.717) is 48.6 Å². The van der Waals surface area contributed by atoms with Gasteiger partial charge in [0.05, 0.1) is 11.3 Å². The molecule has 0 atom stereocenters. The van der Waals surface area contributed by atoms with Crippen LogP contribution in [0.1, 0.15) is 55.7 Å². The van der Waals surface area contributed by atoms with Crippen LogP contribution in [-0.4, -0.2) is 32.7 Å². The van der Waals surface area contributed by atoms with Gasteiger partial charge in [0.2, 0.25) is 0 Å². The number of hydrogen-bond donors (Lipinski definition) is 1. The van der Waals surface area contributed by atoms with Crippen molar-refractivity contribution in [1.82, 2.24) is 14.5 Å². The van der Waals surface area contributed by atoms with E-state index >= 15 is 0 Å². The Morgan fingerprint density at radius 3 is 2.52 bits per heavy atom. The lowest BCUT2D eigenvalue weighted by atomic mass is 10.00. The maximum Gasteiger partial charge on any atom is 0.256 e. The Kier molecular flexibility index (Phi) is 5.63. The highest BCUT2D eigenvalue weighted by Gasteiger charge is 2.27. The van der Waals surface area contributed by atoms with Crippen molar-refractivity contribution >= 4 is 11.7 Å². The number of nitrogens with one attached hydrogen (secondary N) is 1. The van der Waals surface area contributed by atoms with Gasteiger partial charge in [0, 0.05) is 44.5 Å². The normalized spacial score (nSPS) is 13.2. The fourth-order valence-electron chi connectivity index (χ4n) is 4.40. The number of aromatic amines is 1. The molecule has 1 aliphatic rings. The van der Waals surface area contributed by atoms with Gasteiger partial charge in [0.1, 0.15) is 0 Å². The lowest BCUT2D eigenvalue weighted by Gasteiger charge is -2.29. The van der Waals surface area contributed by atoms with Gasteiger partial charge in [-0.25, -0.2) is 0 Å². The van der Waals surface area contributed by atoms with E-state index in [1.54, 1.807) is 15.5 Å². The zero-order valence-corrected chi connectivity index (χ0v) is 18.2. The molecule has 1 amide bonds. The molecule has 2 aromatic heterocycles. The van der Waals surface area contributed by atoms with Crippen molar-refractivity contribution in [3.8, 4) is 0 Å². The van der Waals surface area contributed by atoms with E-state index in [1.165, 1.54) is 12.5 Å². The summed E-state index contributed by atoms with van der Waals surface area (Å²) in [5, 5.41) is 0. The molecule has 31 heavy (non-hydrogen) atoms. The molecular weight excluding hydrogens is 390 g/mol. The van der Waals surface area contributed by atoms with E-state index in [4.69, 9.17) is 0 Å². The quantitative estimate of drug-likeness (QED) is 0.646. The summed E-state index contributed by atoms with van der Waals surface area (Å²) in [6.07, 6.45) is 3.33. The van der Waals surface area contributed by atoms with Gasteiger partial charge in [-0.2, -0.15) is 0 Å². The van der Waals surface area contributed by atoms with Crippen LogP contribution >= 0.6 is 0 Å². The first-order chi connectivity index (χ1) is 14.8. The Morgan fingerprint density at radius 1 is 1.10 bits per heavy atom. The number of amides is 1. The van der Waals surface area contributed by atoms with Crippen molar-refractivity contribution in [3.63, 3.8) is 0 Å². The number of carbonyl (C=O) groups is 2. The molecule has 3 heterocycles. The third kappa shape index (κ3) is 4.10. The predicted molar refractivity (Wildman–Crippen MR) is 120 cm³/mol. The molecule has 0 aliphatic carbocycles. The summed E-state index contributed by atoms with van der Waals surface area (Å²) in [5.41, 5.74) is 5.68. The van der Waals surface area contributed by atoms with Gasteiger partial charge in [-0.15, -0.1) is 0 Å². The van der Waals surface area contributed by atoms with E-state index < -0.39 is 0 Å². The Hall–Kier alpha value is -3.41. The first kappa shape index (κ1) is 20.8. The molecule has 1 aliphatic heterocycles. The molecule has 1 N–H and O–H groups in total. The number of hydrogen-bond acceptors (Lipinski definition) is 3. The Bertz CT molecular complexity index is 1200. The van der Waals surface area contributed by atoms with E-state index in [-0.39, 0.29) is 17.2 Å². The minimum Gasteiger partial charge on any atom is -0.355 e. The monoisotopic (exact) mass is 417 g/mol. The number of aromatic nitrogens is 2. The van der Waals surface area contributed by atoms with Gasteiger partial charge in [-0.05, 0) is 48.9 Å². The summed E-state index contributed by atoms with van der Waals surface area (Å²) in [4.78, 5) is 42.5. The average Bonchev–Trinajstić information content (AvgIpc) is 3.06. The Labute approximate surface area is 181 Å². The van der Waals surface area contributed by atoms with Crippen LogP contribution in [-0.2, 0) is 25.9 Å². The second-order valence-electron chi connectivity index (χ2n) is 8.25. The highest BCUT2D eigenvalue weighted by atomic mass is 16.2. The standard InChI is InChI=1S/C25H27N3O3/c1-16-23(17(2)26-24(16)18(3)29)25(31)28-12-10-20-13-22(30)27(14-21(20)15-28)11-9-19-7-5-4-6-8-19/h4-8,13-14,26H,9-12,15H2,1-3H3. The van der Waals surface area contributed by atoms with Crippen LogP contribution in [0.5, 0.6) is 0 Å². The van der Waals surface area contributed by atoms with Crippen LogP contribution in [0.25, 0.3) is 0 Å². The van der Waals surface area contributed by atoms with Gasteiger partial charge in [-0.1, -0.05) is 30.3 Å². The van der Waals surface area contributed by atoms with Crippen molar-refractivity contribution in [3.05, 3.63) is 92.2 Å². The molecule has 0 saturated heterocycles. The smallest absolute Gasteiger partial charge is 0.256 e. The molecule has 0 radical (unpaired) electrons. The van der Waals surface area contributed by atoms with Gasteiger partial charge >= 0.3 is 0 Å². The number of aryl methyl sites for hydroxylation is 3. The number of carbonyl (C=O) groups excluding carboxylic acids is 2. The second kappa shape index (κ2) is 8.38. The lowest BCUT2D eigenvalue weighted by Crippen LogP contribution is -2.38. The van der Waals surface area contributed by atoms with Gasteiger partial charge in [0.25, 0.3) is 11.5 Å². The highest BCUT2D eigenvalue weighted by molar-refractivity contribution is 6.02. The molecule has 0 fully saturated rings. The Balaban J connectivity index is 1.56. The van der Waals surface area contributed by atoms with E-state index in [0.717, 1.165) is 17.5 Å². The molecule has 6 nitrogen and oxygen atoms in total. The van der Waals surface area contributed by atoms with Crippen molar-refractivity contribution in [2.75, 3.05) is 6.54 Å². The second-order valence-corrected chi connectivity index (χ2v) is 8.25. The summed E-state index contributed by atoms with van der Waals surface area (Å²) < 4.78 is 1.74. The molecule has 160 valence electrons. The van der Waals surface area contributed by atoms with Crippen LogP contribution in [0, 0.1) is 13.8 Å². The van der Waals surface area contributed by atoms with Crippen LogP contribution in [0.4, 0.5) is 0 Å². The largest absolute Gasteiger partial charge is 0.355 e. The summed E-state index contributed by atoms with van der Waals surface area (Å²) in [6, 6.07) is 11.8. The summed E-state index contributed by atoms with van der Waals surface area (Å²) in [6.45, 7) is 6.75. The number of Topliss-reactive ketones (excluding diaryl/α,β-unsaturated/α-hetero) is 1. The van der Waals surface area contributed by atoms with E-state index in [1.807, 2.05) is 38.2 Å². The zero-order valence-electron chi connectivity index (χ0n) is 18.2. The number of fused-ring (bicyclic) bond motifs is 1. The molecule has 0 bridgehead atoms. The van der Waals surface area contributed by atoms with Gasteiger partial charge in [0.15, 0.2) is 5.78 Å². The maximum atomic E-state index is 13.3. The Morgan fingerprint density at radius 2 is 1.84 bits per heavy atom. The summed E-state index contributed by atoms with van der Waals surface area (Å²) >= 11 is 0. The van der Waals surface area contributed by atoms with Crippen molar-refractivity contribution < 1.29 is 9.59 Å². The molecule has 0 unspecified atom stereocenters. The molecule has 3 aromatic rings. The van der Waals surface area contributed by atoms with Crippen LogP contribution in [0.15, 0.2) is 47.4 Å². The molecule has 4 rings (SSSR count). The molecule has 6 heteroatoms. The molecule has 1 aromatic carbocycles. The number of benzene rings is 1.